The van der Waals surface area contributed by atoms with Gasteiger partial charge in [-0.2, -0.15) is 0 Å². The van der Waals surface area contributed by atoms with E-state index in [-0.39, 0.29) is 11.4 Å². The number of benzene rings is 2. The van der Waals surface area contributed by atoms with Crippen molar-refractivity contribution in [3.8, 4) is 0 Å². The molecule has 1 atom stereocenters. The minimum Gasteiger partial charge on any atom is -0.350 e. The Kier molecular flexibility index (Phi) is 6.21. The molecule has 0 bridgehead atoms. The number of halogens is 2. The van der Waals surface area contributed by atoms with Crippen LogP contribution in [0.15, 0.2) is 82.4 Å². The lowest BCUT2D eigenvalue weighted by molar-refractivity contribution is 0.0953. The topological polar surface area (TPSA) is 76.1 Å². The van der Waals surface area contributed by atoms with E-state index in [2.05, 4.69) is 26.2 Å². The van der Waals surface area contributed by atoms with E-state index in [9.17, 15) is 17.6 Å². The average molecular weight is 463 g/mol. The Labute approximate surface area is 170 Å². The number of pyridine rings is 1. The maximum atomic E-state index is 13.2. The van der Waals surface area contributed by atoms with Gasteiger partial charge in [0.1, 0.15) is 11.1 Å². The molecular weight excluding hydrogens is 447 g/mol. The van der Waals surface area contributed by atoms with Gasteiger partial charge in [-0.05, 0) is 54.1 Å². The van der Waals surface area contributed by atoms with E-state index in [0.717, 1.165) is 16.6 Å². The molecule has 1 amide bonds. The number of sulfone groups is 1. The van der Waals surface area contributed by atoms with Crippen LogP contribution in [0.3, 0.4) is 0 Å². The van der Waals surface area contributed by atoms with Crippen molar-refractivity contribution in [2.45, 2.75) is 10.1 Å². The second-order valence-electron chi connectivity index (χ2n) is 5.99. The molecule has 28 heavy (non-hydrogen) atoms. The smallest absolute Gasteiger partial charge is 0.251 e. The molecule has 0 fully saturated rings. The van der Waals surface area contributed by atoms with Crippen LogP contribution < -0.4 is 5.32 Å². The summed E-state index contributed by atoms with van der Waals surface area (Å²) in [6, 6.07) is 14.6. The van der Waals surface area contributed by atoms with Gasteiger partial charge in [-0.25, -0.2) is 12.8 Å². The fourth-order valence-corrected chi connectivity index (χ4v) is 4.72. The van der Waals surface area contributed by atoms with Gasteiger partial charge in [-0.3, -0.25) is 9.78 Å². The normalized spacial score (nSPS) is 12.4. The third-order valence-electron chi connectivity index (χ3n) is 4.11. The fourth-order valence-electron chi connectivity index (χ4n) is 2.68. The molecule has 1 unspecified atom stereocenters. The molecule has 8 heteroatoms. The Morgan fingerprint density at radius 2 is 1.86 bits per heavy atom. The van der Waals surface area contributed by atoms with Crippen LogP contribution in [0.1, 0.15) is 21.2 Å². The maximum Gasteiger partial charge on any atom is 0.251 e. The highest BCUT2D eigenvalue weighted by Gasteiger charge is 2.30. The van der Waals surface area contributed by atoms with Gasteiger partial charge in [-0.1, -0.05) is 28.1 Å². The van der Waals surface area contributed by atoms with E-state index in [0.29, 0.717) is 11.1 Å². The van der Waals surface area contributed by atoms with Crippen molar-refractivity contribution in [1.82, 2.24) is 10.3 Å². The zero-order valence-electron chi connectivity index (χ0n) is 14.5. The summed E-state index contributed by atoms with van der Waals surface area (Å²) in [4.78, 5) is 16.4. The minimum absolute atomic E-state index is 0.0283. The predicted octanol–water partition coefficient (Wildman–Crippen LogP) is 3.93. The van der Waals surface area contributed by atoms with Gasteiger partial charge in [-0.15, -0.1) is 0 Å². The number of nitrogens with one attached hydrogen (secondary N) is 1. The predicted molar refractivity (Wildman–Crippen MR) is 107 cm³/mol. The molecule has 3 rings (SSSR count). The lowest BCUT2D eigenvalue weighted by Gasteiger charge is -2.19. The number of hydrogen-bond donors (Lipinski definition) is 1. The molecule has 0 saturated carbocycles. The molecule has 1 heterocycles. The first-order valence-electron chi connectivity index (χ1n) is 8.31. The van der Waals surface area contributed by atoms with Crippen LogP contribution in [-0.2, 0) is 9.84 Å². The van der Waals surface area contributed by atoms with Crippen molar-refractivity contribution in [3.05, 3.63) is 94.5 Å². The quantitative estimate of drug-likeness (QED) is 0.563. The van der Waals surface area contributed by atoms with Crippen LogP contribution in [-0.4, -0.2) is 25.9 Å². The largest absolute Gasteiger partial charge is 0.350 e. The molecule has 1 aromatic heterocycles. The van der Waals surface area contributed by atoms with Gasteiger partial charge in [0, 0.05) is 29.0 Å². The van der Waals surface area contributed by atoms with Gasteiger partial charge in [0.25, 0.3) is 5.91 Å². The SMILES string of the molecule is O=C(NCC(c1cccnc1)S(=O)(=O)c1ccc(F)cc1)c1cccc(Br)c1. The van der Waals surface area contributed by atoms with E-state index in [4.69, 9.17) is 0 Å². The highest BCUT2D eigenvalue weighted by molar-refractivity contribution is 9.10. The van der Waals surface area contributed by atoms with Gasteiger partial charge in [0.2, 0.25) is 0 Å². The lowest BCUT2D eigenvalue weighted by Crippen LogP contribution is -2.32. The first kappa shape index (κ1) is 20.2. The van der Waals surface area contributed by atoms with Crippen LogP contribution in [0.4, 0.5) is 4.39 Å². The first-order valence-corrected chi connectivity index (χ1v) is 10.6. The highest BCUT2D eigenvalue weighted by atomic mass is 79.9. The summed E-state index contributed by atoms with van der Waals surface area (Å²) in [5.41, 5.74) is 0.833. The van der Waals surface area contributed by atoms with E-state index >= 15 is 0 Å². The lowest BCUT2D eigenvalue weighted by atomic mass is 10.2. The molecule has 3 aromatic rings. The van der Waals surface area contributed by atoms with Crippen LogP contribution in [0.2, 0.25) is 0 Å². The average Bonchev–Trinajstić information content (AvgIpc) is 2.69. The second-order valence-corrected chi connectivity index (χ2v) is 9.04. The van der Waals surface area contributed by atoms with Crippen molar-refractivity contribution in [2.24, 2.45) is 0 Å². The standard InChI is InChI=1S/C20H16BrFN2O3S/c21-16-5-1-3-14(11-16)20(25)24-13-19(15-4-2-10-23-12-15)28(26,27)18-8-6-17(22)7-9-18/h1-12,19H,13H2,(H,24,25). The van der Waals surface area contributed by atoms with Crippen molar-refractivity contribution in [1.29, 1.82) is 0 Å². The molecule has 0 saturated heterocycles. The van der Waals surface area contributed by atoms with E-state index in [1.807, 2.05) is 0 Å². The molecule has 0 radical (unpaired) electrons. The van der Waals surface area contributed by atoms with Crippen molar-refractivity contribution in [2.75, 3.05) is 6.54 Å². The number of hydrogen-bond acceptors (Lipinski definition) is 4. The Bertz CT molecular complexity index is 1070. The Morgan fingerprint density at radius 3 is 2.50 bits per heavy atom. The molecule has 144 valence electrons. The molecule has 5 nitrogen and oxygen atoms in total. The third-order valence-corrected chi connectivity index (χ3v) is 6.72. The summed E-state index contributed by atoms with van der Waals surface area (Å²) in [6.07, 6.45) is 2.97. The molecule has 0 aliphatic carbocycles. The molecule has 1 N–H and O–H groups in total. The summed E-state index contributed by atoms with van der Waals surface area (Å²) in [7, 11) is -3.89. The van der Waals surface area contributed by atoms with E-state index in [1.165, 1.54) is 24.5 Å². The van der Waals surface area contributed by atoms with Crippen LogP contribution in [0.25, 0.3) is 0 Å². The molecular formula is C20H16BrFN2O3S. The minimum atomic E-state index is -3.89. The summed E-state index contributed by atoms with van der Waals surface area (Å²) in [5, 5.41) is 1.60. The Balaban J connectivity index is 1.90. The zero-order chi connectivity index (χ0) is 20.1. The van der Waals surface area contributed by atoms with Crippen molar-refractivity contribution in [3.63, 3.8) is 0 Å². The number of nitrogens with zero attached hydrogens (tertiary/aromatic N) is 1. The van der Waals surface area contributed by atoms with Crippen LogP contribution >= 0.6 is 15.9 Å². The van der Waals surface area contributed by atoms with Gasteiger partial charge >= 0.3 is 0 Å². The number of aromatic nitrogens is 1. The number of amides is 1. The summed E-state index contributed by atoms with van der Waals surface area (Å²) in [6.45, 7) is -0.156. The van der Waals surface area contributed by atoms with E-state index in [1.54, 1.807) is 36.4 Å². The second kappa shape index (κ2) is 8.62. The number of rotatable bonds is 6. The molecule has 0 aliphatic rings. The van der Waals surface area contributed by atoms with Gasteiger partial charge < -0.3 is 5.32 Å². The maximum absolute atomic E-state index is 13.2. The summed E-state index contributed by atoms with van der Waals surface area (Å²) < 4.78 is 40.2. The monoisotopic (exact) mass is 462 g/mol. The molecule has 0 spiro atoms. The van der Waals surface area contributed by atoms with Crippen LogP contribution in [0, 0.1) is 5.82 Å². The first-order chi connectivity index (χ1) is 13.4. The Hall–Kier alpha value is -2.58. The number of carbonyl (C=O) groups is 1. The van der Waals surface area contributed by atoms with Gasteiger partial charge in [0.15, 0.2) is 9.84 Å². The van der Waals surface area contributed by atoms with Gasteiger partial charge in [0.05, 0.1) is 4.90 Å². The number of carbonyl (C=O) groups excluding carboxylic acids is 1. The Morgan fingerprint density at radius 1 is 1.11 bits per heavy atom. The summed E-state index contributed by atoms with van der Waals surface area (Å²) in [5.74, 6) is -0.927. The van der Waals surface area contributed by atoms with Crippen molar-refractivity contribution >= 4 is 31.7 Å². The fraction of sp³-hybridized carbons (Fsp3) is 0.100. The molecule has 2 aromatic carbocycles. The molecule has 0 aliphatic heterocycles. The zero-order valence-corrected chi connectivity index (χ0v) is 17.0. The van der Waals surface area contributed by atoms with Crippen molar-refractivity contribution < 1.29 is 17.6 Å². The summed E-state index contributed by atoms with van der Waals surface area (Å²) >= 11 is 3.30. The van der Waals surface area contributed by atoms with E-state index < -0.39 is 26.8 Å². The highest BCUT2D eigenvalue weighted by Crippen LogP contribution is 2.28. The third kappa shape index (κ3) is 4.63. The van der Waals surface area contributed by atoms with Crippen LogP contribution in [0.5, 0.6) is 0 Å².